The molecular formula is C13H12FNO3. The highest BCUT2D eigenvalue weighted by Gasteiger charge is 2.21. The molecule has 0 amide bonds. The van der Waals surface area contributed by atoms with Gasteiger partial charge in [0.15, 0.2) is 5.75 Å². The van der Waals surface area contributed by atoms with E-state index in [1.54, 1.807) is 18.2 Å². The molecule has 1 aromatic heterocycles. The number of aromatic amines is 1. The summed E-state index contributed by atoms with van der Waals surface area (Å²) in [6.45, 7) is 0. The van der Waals surface area contributed by atoms with E-state index in [9.17, 15) is 9.18 Å². The summed E-state index contributed by atoms with van der Waals surface area (Å²) in [5.74, 6) is -0.660. The van der Waals surface area contributed by atoms with Gasteiger partial charge in [-0.05, 0) is 12.1 Å². The predicted molar refractivity (Wildman–Crippen MR) is 64.1 cm³/mol. The van der Waals surface area contributed by atoms with Crippen molar-refractivity contribution in [1.29, 1.82) is 0 Å². The van der Waals surface area contributed by atoms with Crippen molar-refractivity contribution in [3.8, 4) is 17.0 Å². The van der Waals surface area contributed by atoms with Crippen LogP contribution in [0.25, 0.3) is 11.3 Å². The van der Waals surface area contributed by atoms with Crippen LogP contribution in [0.1, 0.15) is 10.4 Å². The summed E-state index contributed by atoms with van der Waals surface area (Å²) in [6, 6.07) is 6.24. The lowest BCUT2D eigenvalue weighted by atomic mass is 10.1. The molecule has 0 unspecified atom stereocenters. The Kier molecular flexibility index (Phi) is 3.32. The predicted octanol–water partition coefficient (Wildman–Crippen LogP) is 2.62. The Bertz CT molecular complexity index is 577. The van der Waals surface area contributed by atoms with Gasteiger partial charge in [-0.15, -0.1) is 0 Å². The number of methoxy groups -OCH3 is 2. The lowest BCUT2D eigenvalue weighted by Gasteiger charge is -2.06. The first-order chi connectivity index (χ1) is 8.69. The Hall–Kier alpha value is -2.30. The zero-order valence-electron chi connectivity index (χ0n) is 9.99. The van der Waals surface area contributed by atoms with Gasteiger partial charge in [-0.2, -0.15) is 0 Å². The highest BCUT2D eigenvalue weighted by atomic mass is 19.1. The summed E-state index contributed by atoms with van der Waals surface area (Å²) in [6.07, 6.45) is 1.44. The molecule has 0 spiro atoms. The largest absolute Gasteiger partial charge is 0.494 e. The van der Waals surface area contributed by atoms with E-state index >= 15 is 0 Å². The maximum Gasteiger partial charge on any atom is 0.343 e. The Morgan fingerprint density at radius 1 is 1.28 bits per heavy atom. The zero-order chi connectivity index (χ0) is 13.1. The monoisotopic (exact) mass is 249 g/mol. The number of carbonyl (C=O) groups excluding carboxylic acids is 1. The van der Waals surface area contributed by atoms with Crippen molar-refractivity contribution in [3.63, 3.8) is 0 Å². The van der Waals surface area contributed by atoms with Crippen molar-refractivity contribution in [2.45, 2.75) is 0 Å². The van der Waals surface area contributed by atoms with Gasteiger partial charge in [-0.25, -0.2) is 9.18 Å². The van der Waals surface area contributed by atoms with Crippen LogP contribution in [0.3, 0.4) is 0 Å². The summed E-state index contributed by atoms with van der Waals surface area (Å²) in [5, 5.41) is 0. The van der Waals surface area contributed by atoms with E-state index in [2.05, 4.69) is 9.72 Å². The van der Waals surface area contributed by atoms with Gasteiger partial charge in [0, 0.05) is 11.8 Å². The summed E-state index contributed by atoms with van der Waals surface area (Å²) in [5.41, 5.74) is 0.985. The highest BCUT2D eigenvalue weighted by Crippen LogP contribution is 2.34. The fourth-order valence-electron chi connectivity index (χ4n) is 1.75. The minimum absolute atomic E-state index is 0.234. The van der Waals surface area contributed by atoms with E-state index in [4.69, 9.17) is 4.74 Å². The molecule has 0 saturated heterocycles. The number of aromatic nitrogens is 1. The van der Waals surface area contributed by atoms with Crippen LogP contribution in [0.2, 0.25) is 0 Å². The molecule has 1 heterocycles. The van der Waals surface area contributed by atoms with E-state index in [0.29, 0.717) is 11.3 Å². The smallest absolute Gasteiger partial charge is 0.343 e. The second-order valence-electron chi connectivity index (χ2n) is 3.58. The molecule has 0 atom stereocenters. The average Bonchev–Trinajstić information content (AvgIpc) is 2.81. The van der Waals surface area contributed by atoms with Crippen LogP contribution in [0.5, 0.6) is 5.75 Å². The molecule has 2 rings (SSSR count). The van der Waals surface area contributed by atoms with E-state index < -0.39 is 11.8 Å². The lowest BCUT2D eigenvalue weighted by Crippen LogP contribution is -2.01. The first-order valence-electron chi connectivity index (χ1n) is 5.27. The third-order valence-corrected chi connectivity index (χ3v) is 2.59. The second kappa shape index (κ2) is 4.91. The van der Waals surface area contributed by atoms with Gasteiger partial charge in [0.1, 0.15) is 11.4 Å². The van der Waals surface area contributed by atoms with Crippen molar-refractivity contribution in [1.82, 2.24) is 4.98 Å². The minimum atomic E-state index is -0.536. The Balaban J connectivity index is 2.56. The normalized spacial score (nSPS) is 10.2. The number of hydrogen-bond acceptors (Lipinski definition) is 3. The van der Waals surface area contributed by atoms with Crippen LogP contribution < -0.4 is 4.74 Å². The molecule has 0 bridgehead atoms. The van der Waals surface area contributed by atoms with Crippen molar-refractivity contribution in [3.05, 3.63) is 41.8 Å². The molecule has 5 heteroatoms. The fraction of sp³-hybridized carbons (Fsp3) is 0.154. The Morgan fingerprint density at radius 3 is 2.61 bits per heavy atom. The second-order valence-corrected chi connectivity index (χ2v) is 3.58. The van der Waals surface area contributed by atoms with Gasteiger partial charge >= 0.3 is 5.97 Å². The standard InChI is InChI=1S/C13H12FNO3/c1-17-12-9(13(16)18-2)7-15-11(12)8-5-3-4-6-10(8)14/h3-7,15H,1-2H3. The molecular weight excluding hydrogens is 237 g/mol. The average molecular weight is 249 g/mol. The molecule has 0 aliphatic heterocycles. The van der Waals surface area contributed by atoms with Crippen LogP contribution in [0, 0.1) is 5.82 Å². The summed E-state index contributed by atoms with van der Waals surface area (Å²) in [7, 11) is 2.69. The van der Waals surface area contributed by atoms with Crippen molar-refractivity contribution < 1.29 is 18.7 Å². The van der Waals surface area contributed by atoms with Crippen molar-refractivity contribution in [2.75, 3.05) is 14.2 Å². The molecule has 0 saturated carbocycles. The third kappa shape index (κ3) is 1.95. The van der Waals surface area contributed by atoms with Crippen LogP contribution in [-0.2, 0) is 4.74 Å². The van der Waals surface area contributed by atoms with Crippen LogP contribution in [0.15, 0.2) is 30.5 Å². The number of carbonyl (C=O) groups is 1. The highest BCUT2D eigenvalue weighted by molar-refractivity contribution is 5.95. The molecule has 2 aromatic rings. The Labute approximate surface area is 103 Å². The van der Waals surface area contributed by atoms with Crippen molar-refractivity contribution in [2.24, 2.45) is 0 Å². The van der Waals surface area contributed by atoms with Crippen LogP contribution in [0.4, 0.5) is 4.39 Å². The van der Waals surface area contributed by atoms with E-state index in [-0.39, 0.29) is 11.3 Å². The molecule has 0 radical (unpaired) electrons. The molecule has 0 aliphatic carbocycles. The summed E-state index contributed by atoms with van der Waals surface area (Å²) in [4.78, 5) is 14.3. The number of esters is 1. The number of nitrogens with one attached hydrogen (secondary N) is 1. The Morgan fingerprint density at radius 2 is 2.00 bits per heavy atom. The van der Waals surface area contributed by atoms with Crippen LogP contribution in [-0.4, -0.2) is 25.2 Å². The maximum absolute atomic E-state index is 13.7. The molecule has 1 N–H and O–H groups in total. The maximum atomic E-state index is 13.7. The lowest BCUT2D eigenvalue weighted by molar-refractivity contribution is 0.0597. The number of benzene rings is 1. The van der Waals surface area contributed by atoms with Gasteiger partial charge in [0.2, 0.25) is 0 Å². The van der Waals surface area contributed by atoms with Gasteiger partial charge in [0.25, 0.3) is 0 Å². The molecule has 1 aromatic carbocycles. The van der Waals surface area contributed by atoms with Crippen LogP contribution >= 0.6 is 0 Å². The molecule has 0 aliphatic rings. The summed E-state index contributed by atoms with van der Waals surface area (Å²) >= 11 is 0. The third-order valence-electron chi connectivity index (χ3n) is 2.59. The number of H-pyrrole nitrogens is 1. The first-order valence-corrected chi connectivity index (χ1v) is 5.27. The van der Waals surface area contributed by atoms with E-state index in [0.717, 1.165) is 0 Å². The van der Waals surface area contributed by atoms with Gasteiger partial charge in [0.05, 0.1) is 19.9 Å². The van der Waals surface area contributed by atoms with E-state index in [1.807, 2.05) is 0 Å². The quantitative estimate of drug-likeness (QED) is 0.851. The summed E-state index contributed by atoms with van der Waals surface area (Å²) < 4.78 is 23.5. The molecule has 0 fully saturated rings. The zero-order valence-corrected chi connectivity index (χ0v) is 9.99. The minimum Gasteiger partial charge on any atom is -0.494 e. The first kappa shape index (κ1) is 12.2. The van der Waals surface area contributed by atoms with Gasteiger partial charge in [-0.3, -0.25) is 0 Å². The molecule has 18 heavy (non-hydrogen) atoms. The number of hydrogen-bond donors (Lipinski definition) is 1. The number of rotatable bonds is 3. The van der Waals surface area contributed by atoms with Gasteiger partial charge < -0.3 is 14.5 Å². The van der Waals surface area contributed by atoms with Crippen molar-refractivity contribution >= 4 is 5.97 Å². The SMILES string of the molecule is COC(=O)c1c[nH]c(-c2ccccc2F)c1OC. The van der Waals surface area contributed by atoms with Gasteiger partial charge in [-0.1, -0.05) is 12.1 Å². The molecule has 94 valence electrons. The fourth-order valence-corrected chi connectivity index (χ4v) is 1.75. The topological polar surface area (TPSA) is 51.3 Å². The molecule has 4 nitrogen and oxygen atoms in total. The number of halogens is 1. The van der Waals surface area contributed by atoms with E-state index in [1.165, 1.54) is 26.5 Å². The number of ether oxygens (including phenoxy) is 2.